The first-order valence-corrected chi connectivity index (χ1v) is 10.5. The summed E-state index contributed by atoms with van der Waals surface area (Å²) in [4.78, 5) is 27.5. The molecular formula is C23H19BrN2O4. The molecule has 1 unspecified atom stereocenters. The van der Waals surface area contributed by atoms with E-state index in [1.807, 2.05) is 54.6 Å². The predicted molar refractivity (Wildman–Crippen MR) is 116 cm³/mol. The van der Waals surface area contributed by atoms with Crippen LogP contribution in [0.3, 0.4) is 0 Å². The molecule has 0 radical (unpaired) electrons. The van der Waals surface area contributed by atoms with Crippen molar-refractivity contribution >= 4 is 38.6 Å². The largest absolute Gasteiger partial charge is 0.486 e. The highest BCUT2D eigenvalue weighted by Crippen LogP contribution is 2.38. The molecule has 3 aromatic carbocycles. The van der Waals surface area contributed by atoms with Crippen LogP contribution in [0.1, 0.15) is 18.1 Å². The summed E-state index contributed by atoms with van der Waals surface area (Å²) >= 11 is 3.52. The Bertz CT molecular complexity index is 1190. The van der Waals surface area contributed by atoms with Crippen molar-refractivity contribution in [2.75, 3.05) is 13.2 Å². The van der Waals surface area contributed by atoms with Gasteiger partial charge in [-0.15, -0.1) is 0 Å². The molecule has 1 atom stereocenters. The maximum absolute atomic E-state index is 13.5. The van der Waals surface area contributed by atoms with Crippen molar-refractivity contribution in [1.82, 2.24) is 10.2 Å². The maximum Gasteiger partial charge on any atom is 0.325 e. The molecule has 2 heterocycles. The summed E-state index contributed by atoms with van der Waals surface area (Å²) in [5.74, 6) is 0.976. The van der Waals surface area contributed by atoms with Gasteiger partial charge in [-0.2, -0.15) is 0 Å². The van der Waals surface area contributed by atoms with E-state index in [0.29, 0.717) is 24.7 Å². The van der Waals surface area contributed by atoms with Crippen molar-refractivity contribution in [3.63, 3.8) is 0 Å². The summed E-state index contributed by atoms with van der Waals surface area (Å²) in [6.45, 7) is 2.85. The molecule has 5 rings (SSSR count). The van der Waals surface area contributed by atoms with E-state index in [2.05, 4.69) is 21.2 Å². The quantitative estimate of drug-likeness (QED) is 0.582. The van der Waals surface area contributed by atoms with E-state index in [4.69, 9.17) is 9.47 Å². The number of benzene rings is 3. The van der Waals surface area contributed by atoms with Gasteiger partial charge in [0.15, 0.2) is 11.5 Å². The van der Waals surface area contributed by atoms with Crippen molar-refractivity contribution in [3.8, 4) is 11.5 Å². The van der Waals surface area contributed by atoms with E-state index < -0.39 is 11.6 Å². The van der Waals surface area contributed by atoms with Crippen LogP contribution in [0.4, 0.5) is 4.79 Å². The molecule has 152 valence electrons. The number of carbonyl (C=O) groups is 2. The molecule has 0 saturated carbocycles. The smallest absolute Gasteiger partial charge is 0.325 e. The predicted octanol–water partition coefficient (Wildman–Crippen LogP) is 4.34. The van der Waals surface area contributed by atoms with Crippen LogP contribution in [0.15, 0.2) is 59.1 Å². The average molecular weight is 467 g/mol. The molecule has 1 N–H and O–H groups in total. The fraction of sp³-hybridized carbons (Fsp3) is 0.217. The summed E-state index contributed by atoms with van der Waals surface area (Å²) in [6.07, 6.45) is 0. The fourth-order valence-corrected chi connectivity index (χ4v) is 4.53. The monoisotopic (exact) mass is 466 g/mol. The normalized spacial score (nSPS) is 20.5. The average Bonchev–Trinajstić information content (AvgIpc) is 2.97. The lowest BCUT2D eigenvalue weighted by molar-refractivity contribution is -0.131. The first-order valence-electron chi connectivity index (χ1n) is 9.68. The third kappa shape index (κ3) is 2.92. The highest BCUT2D eigenvalue weighted by Gasteiger charge is 2.49. The lowest BCUT2D eigenvalue weighted by atomic mass is 9.88. The Balaban J connectivity index is 1.50. The van der Waals surface area contributed by atoms with Gasteiger partial charge < -0.3 is 14.8 Å². The van der Waals surface area contributed by atoms with Crippen LogP contribution in [0.2, 0.25) is 0 Å². The van der Waals surface area contributed by atoms with Crippen molar-refractivity contribution in [2.45, 2.75) is 19.0 Å². The van der Waals surface area contributed by atoms with Crippen molar-refractivity contribution in [1.29, 1.82) is 0 Å². The number of urea groups is 1. The van der Waals surface area contributed by atoms with Crippen LogP contribution >= 0.6 is 15.9 Å². The van der Waals surface area contributed by atoms with Gasteiger partial charge in [-0.25, -0.2) is 4.79 Å². The molecule has 3 aromatic rings. The Morgan fingerprint density at radius 3 is 2.53 bits per heavy atom. The zero-order valence-electron chi connectivity index (χ0n) is 16.3. The number of nitrogens with one attached hydrogen (secondary N) is 1. The Labute approximate surface area is 181 Å². The lowest BCUT2D eigenvalue weighted by Gasteiger charge is -2.24. The zero-order chi connectivity index (χ0) is 20.9. The third-order valence-corrected chi connectivity index (χ3v) is 6.38. The number of halogens is 1. The summed E-state index contributed by atoms with van der Waals surface area (Å²) in [7, 11) is 0. The molecule has 1 fully saturated rings. The molecule has 3 amide bonds. The van der Waals surface area contributed by atoms with Crippen LogP contribution in [0, 0.1) is 0 Å². The molecule has 6 nitrogen and oxygen atoms in total. The van der Waals surface area contributed by atoms with Gasteiger partial charge in [0.1, 0.15) is 18.8 Å². The van der Waals surface area contributed by atoms with E-state index in [0.717, 1.165) is 26.4 Å². The summed E-state index contributed by atoms with van der Waals surface area (Å²) < 4.78 is 12.0. The standard InChI is InChI=1S/C23H19BrN2O4/c1-23(17-8-4-6-14-5-2-3-7-16(14)17)21(27)26(22(28)25-23)13-15-11-19-20(12-18(15)24)30-10-9-29-19/h2-8,11-12H,9-10,13H2,1H3,(H,25,28). The van der Waals surface area contributed by atoms with Gasteiger partial charge in [0.05, 0.1) is 6.54 Å². The molecule has 2 aliphatic heterocycles. The Hall–Kier alpha value is -3.06. The molecule has 0 spiro atoms. The van der Waals surface area contributed by atoms with Gasteiger partial charge in [-0.1, -0.05) is 58.4 Å². The SMILES string of the molecule is CC1(c2cccc3ccccc23)NC(=O)N(Cc2cc3c(cc2Br)OCCO3)C1=O. The third-order valence-electron chi connectivity index (χ3n) is 5.64. The van der Waals surface area contributed by atoms with Gasteiger partial charge in [-0.05, 0) is 41.0 Å². The number of rotatable bonds is 3. The first-order chi connectivity index (χ1) is 14.5. The maximum atomic E-state index is 13.5. The van der Waals surface area contributed by atoms with Gasteiger partial charge in [0, 0.05) is 4.47 Å². The molecule has 0 aliphatic carbocycles. The van der Waals surface area contributed by atoms with Crippen molar-refractivity contribution in [2.24, 2.45) is 0 Å². The Kier molecular flexibility index (Phi) is 4.43. The Morgan fingerprint density at radius 2 is 1.73 bits per heavy atom. The minimum Gasteiger partial charge on any atom is -0.486 e. The second-order valence-corrected chi connectivity index (χ2v) is 8.41. The topological polar surface area (TPSA) is 67.9 Å². The number of amides is 3. The van der Waals surface area contributed by atoms with Crippen molar-refractivity contribution < 1.29 is 19.1 Å². The summed E-state index contributed by atoms with van der Waals surface area (Å²) in [5, 5.41) is 4.87. The zero-order valence-corrected chi connectivity index (χ0v) is 17.9. The van der Waals surface area contributed by atoms with E-state index in [1.165, 1.54) is 4.90 Å². The second-order valence-electron chi connectivity index (χ2n) is 7.56. The number of ether oxygens (including phenoxy) is 2. The number of fused-ring (bicyclic) bond motifs is 2. The van der Waals surface area contributed by atoms with Gasteiger partial charge in [-0.3, -0.25) is 9.69 Å². The minimum absolute atomic E-state index is 0.127. The summed E-state index contributed by atoms with van der Waals surface area (Å²) in [5.41, 5.74) is 0.408. The molecule has 1 saturated heterocycles. The number of carbonyl (C=O) groups excluding carboxylic acids is 2. The highest BCUT2D eigenvalue weighted by molar-refractivity contribution is 9.10. The molecule has 0 aromatic heterocycles. The molecular weight excluding hydrogens is 448 g/mol. The van der Waals surface area contributed by atoms with Gasteiger partial charge >= 0.3 is 6.03 Å². The van der Waals surface area contributed by atoms with Crippen LogP contribution in [-0.2, 0) is 16.9 Å². The van der Waals surface area contributed by atoms with Crippen molar-refractivity contribution in [3.05, 3.63) is 70.2 Å². The van der Waals surface area contributed by atoms with E-state index in [9.17, 15) is 9.59 Å². The van der Waals surface area contributed by atoms with E-state index in [-0.39, 0.29) is 12.5 Å². The summed E-state index contributed by atoms with van der Waals surface area (Å²) in [6, 6.07) is 16.8. The number of hydrogen-bond donors (Lipinski definition) is 1. The van der Waals surface area contributed by atoms with E-state index >= 15 is 0 Å². The minimum atomic E-state index is -1.14. The van der Waals surface area contributed by atoms with Crippen LogP contribution < -0.4 is 14.8 Å². The first kappa shape index (κ1) is 18.9. The van der Waals surface area contributed by atoms with Crippen LogP contribution in [0.5, 0.6) is 11.5 Å². The second kappa shape index (κ2) is 7.02. The fourth-order valence-electron chi connectivity index (χ4n) is 4.08. The number of hydrogen-bond acceptors (Lipinski definition) is 4. The van der Waals surface area contributed by atoms with E-state index in [1.54, 1.807) is 6.92 Å². The molecule has 0 bridgehead atoms. The highest BCUT2D eigenvalue weighted by atomic mass is 79.9. The number of nitrogens with zero attached hydrogens (tertiary/aromatic N) is 1. The van der Waals surface area contributed by atoms with Crippen LogP contribution in [0.25, 0.3) is 10.8 Å². The van der Waals surface area contributed by atoms with Crippen LogP contribution in [-0.4, -0.2) is 30.1 Å². The molecule has 2 aliphatic rings. The lowest BCUT2D eigenvalue weighted by Crippen LogP contribution is -2.41. The Morgan fingerprint density at radius 1 is 1.03 bits per heavy atom. The van der Waals surface area contributed by atoms with Gasteiger partial charge in [0.25, 0.3) is 5.91 Å². The molecule has 30 heavy (non-hydrogen) atoms. The number of imide groups is 1. The molecule has 7 heteroatoms. The van der Waals surface area contributed by atoms with Gasteiger partial charge in [0.2, 0.25) is 0 Å².